The van der Waals surface area contributed by atoms with Crippen molar-refractivity contribution in [3.8, 4) is 0 Å². The van der Waals surface area contributed by atoms with Crippen LogP contribution in [0.25, 0.3) is 0 Å². The van der Waals surface area contributed by atoms with Gasteiger partial charge in [0.25, 0.3) is 5.91 Å². The first-order chi connectivity index (χ1) is 8.09. The first kappa shape index (κ1) is 12.0. The third-order valence-corrected chi connectivity index (χ3v) is 3.07. The van der Waals surface area contributed by atoms with E-state index in [9.17, 15) is 9.59 Å². The lowest BCUT2D eigenvalue weighted by atomic mass is 9.99. The van der Waals surface area contributed by atoms with E-state index in [4.69, 9.17) is 16.0 Å². The number of hydrogen-bond acceptors (Lipinski definition) is 3. The summed E-state index contributed by atoms with van der Waals surface area (Å²) in [6, 6.07) is 2.95. The molecular weight excluding hydrogens is 244 g/mol. The van der Waals surface area contributed by atoms with Gasteiger partial charge in [-0.25, -0.2) is 4.79 Å². The van der Waals surface area contributed by atoms with E-state index in [0.29, 0.717) is 24.6 Å². The van der Waals surface area contributed by atoms with Crippen molar-refractivity contribution in [2.75, 3.05) is 12.4 Å². The van der Waals surface area contributed by atoms with E-state index in [1.165, 1.54) is 11.2 Å². The summed E-state index contributed by atoms with van der Waals surface area (Å²) >= 11 is 5.56. The Morgan fingerprint density at radius 1 is 1.53 bits per heavy atom. The van der Waals surface area contributed by atoms with Crippen molar-refractivity contribution in [1.29, 1.82) is 0 Å². The van der Waals surface area contributed by atoms with E-state index in [1.807, 2.05) is 0 Å². The number of carbonyl (C=O) groups is 2. The van der Waals surface area contributed by atoms with Crippen molar-refractivity contribution in [3.05, 3.63) is 24.2 Å². The van der Waals surface area contributed by atoms with Crippen molar-refractivity contribution < 1.29 is 14.0 Å². The zero-order valence-electron chi connectivity index (χ0n) is 9.40. The van der Waals surface area contributed by atoms with Crippen LogP contribution in [0.15, 0.2) is 22.8 Å². The van der Waals surface area contributed by atoms with Gasteiger partial charge in [0.15, 0.2) is 5.54 Å². The van der Waals surface area contributed by atoms with Gasteiger partial charge >= 0.3 is 6.03 Å². The molecule has 0 radical (unpaired) electrons. The van der Waals surface area contributed by atoms with Crippen LogP contribution in [-0.2, 0) is 10.3 Å². The second-order valence-corrected chi connectivity index (χ2v) is 4.41. The van der Waals surface area contributed by atoms with Crippen LogP contribution < -0.4 is 5.32 Å². The summed E-state index contributed by atoms with van der Waals surface area (Å²) in [7, 11) is 0. The Kier molecular flexibility index (Phi) is 3.11. The number of furan rings is 1. The monoisotopic (exact) mass is 256 g/mol. The van der Waals surface area contributed by atoms with E-state index in [0.717, 1.165) is 0 Å². The second kappa shape index (κ2) is 4.41. The van der Waals surface area contributed by atoms with Crippen molar-refractivity contribution >= 4 is 23.5 Å². The highest BCUT2D eigenvalue weighted by Crippen LogP contribution is 2.28. The molecule has 5 nitrogen and oxygen atoms in total. The smallest absolute Gasteiger partial charge is 0.325 e. The fourth-order valence-corrected chi connectivity index (χ4v) is 1.97. The Morgan fingerprint density at radius 3 is 2.88 bits per heavy atom. The number of rotatable bonds is 4. The number of nitrogens with one attached hydrogen (secondary N) is 1. The number of hydrogen-bond donors (Lipinski definition) is 1. The van der Waals surface area contributed by atoms with E-state index in [1.54, 1.807) is 19.1 Å². The van der Waals surface area contributed by atoms with Crippen molar-refractivity contribution in [2.24, 2.45) is 0 Å². The van der Waals surface area contributed by atoms with Gasteiger partial charge in [-0.05, 0) is 25.5 Å². The van der Waals surface area contributed by atoms with Gasteiger partial charge in [-0.15, -0.1) is 11.6 Å². The highest BCUT2D eigenvalue weighted by atomic mass is 35.5. The normalized spacial score (nSPS) is 24.2. The zero-order chi connectivity index (χ0) is 12.5. The molecule has 6 heteroatoms. The maximum Gasteiger partial charge on any atom is 0.325 e. The van der Waals surface area contributed by atoms with Gasteiger partial charge in [-0.1, -0.05) is 0 Å². The van der Waals surface area contributed by atoms with Crippen LogP contribution in [0.5, 0.6) is 0 Å². The lowest BCUT2D eigenvalue weighted by Gasteiger charge is -2.18. The molecule has 1 atom stereocenters. The summed E-state index contributed by atoms with van der Waals surface area (Å²) in [5.74, 6) is 0.543. The molecule has 1 aliphatic rings. The number of amides is 3. The predicted octanol–water partition coefficient (Wildman–Crippen LogP) is 1.68. The maximum absolute atomic E-state index is 12.2. The summed E-state index contributed by atoms with van der Waals surface area (Å²) in [6.45, 7) is 1.96. The second-order valence-electron chi connectivity index (χ2n) is 4.03. The van der Waals surface area contributed by atoms with Gasteiger partial charge in [0.2, 0.25) is 0 Å². The van der Waals surface area contributed by atoms with Gasteiger partial charge in [0.05, 0.1) is 6.26 Å². The van der Waals surface area contributed by atoms with Crippen LogP contribution in [0.1, 0.15) is 19.1 Å². The molecule has 2 heterocycles. The Balaban J connectivity index is 2.23. The summed E-state index contributed by atoms with van der Waals surface area (Å²) in [4.78, 5) is 25.1. The molecule has 1 unspecified atom stereocenters. The SMILES string of the molecule is CC1(c2ccco2)NC(=O)N(CCCCl)C1=O. The molecule has 17 heavy (non-hydrogen) atoms. The van der Waals surface area contributed by atoms with Gasteiger partial charge in [0, 0.05) is 12.4 Å². The molecule has 3 amide bonds. The molecule has 0 saturated carbocycles. The van der Waals surface area contributed by atoms with Crippen LogP contribution in [0, 0.1) is 0 Å². The Labute approximate surface area is 104 Å². The number of carbonyl (C=O) groups excluding carboxylic acids is 2. The topological polar surface area (TPSA) is 62.6 Å². The molecule has 1 N–H and O–H groups in total. The molecule has 1 fully saturated rings. The molecule has 1 aromatic rings. The Hall–Kier alpha value is -1.49. The van der Waals surface area contributed by atoms with Gasteiger partial charge in [0.1, 0.15) is 5.76 Å². The average Bonchev–Trinajstić information content (AvgIpc) is 2.88. The van der Waals surface area contributed by atoms with Gasteiger partial charge in [-0.3, -0.25) is 9.69 Å². The molecule has 1 aliphatic heterocycles. The average molecular weight is 257 g/mol. The summed E-state index contributed by atoms with van der Waals surface area (Å²) < 4.78 is 5.20. The molecule has 0 aliphatic carbocycles. The molecular formula is C11H13ClN2O3. The Morgan fingerprint density at radius 2 is 2.29 bits per heavy atom. The van der Waals surface area contributed by atoms with Crippen LogP contribution >= 0.6 is 11.6 Å². The first-order valence-corrected chi connectivity index (χ1v) is 5.87. The molecule has 1 saturated heterocycles. The summed E-state index contributed by atoms with van der Waals surface area (Å²) in [5, 5.41) is 2.64. The number of halogens is 1. The fourth-order valence-electron chi connectivity index (χ4n) is 1.85. The first-order valence-electron chi connectivity index (χ1n) is 5.33. The molecule has 1 aromatic heterocycles. The third-order valence-electron chi connectivity index (χ3n) is 2.80. The lowest BCUT2D eigenvalue weighted by molar-refractivity contribution is -0.131. The number of imide groups is 1. The van der Waals surface area contributed by atoms with E-state index >= 15 is 0 Å². The van der Waals surface area contributed by atoms with E-state index in [2.05, 4.69) is 5.32 Å². The van der Waals surface area contributed by atoms with Crippen LogP contribution in [0.2, 0.25) is 0 Å². The summed E-state index contributed by atoms with van der Waals surface area (Å²) in [5.41, 5.74) is -1.10. The standard InChI is InChI=1S/C11H13ClN2O3/c1-11(8-4-2-7-17-8)9(15)14(6-3-5-12)10(16)13-11/h2,4,7H,3,5-6H2,1H3,(H,13,16). The Bertz CT molecular complexity index is 432. The maximum atomic E-state index is 12.2. The summed E-state index contributed by atoms with van der Waals surface area (Å²) in [6.07, 6.45) is 2.05. The fraction of sp³-hybridized carbons (Fsp3) is 0.455. The molecule has 0 bridgehead atoms. The quantitative estimate of drug-likeness (QED) is 0.658. The highest BCUT2D eigenvalue weighted by Gasteiger charge is 2.50. The zero-order valence-corrected chi connectivity index (χ0v) is 10.2. The van der Waals surface area contributed by atoms with E-state index in [-0.39, 0.29) is 5.91 Å². The largest absolute Gasteiger partial charge is 0.466 e. The van der Waals surface area contributed by atoms with Crippen LogP contribution in [0.3, 0.4) is 0 Å². The minimum absolute atomic E-state index is 0.303. The number of alkyl halides is 1. The number of urea groups is 1. The lowest BCUT2D eigenvalue weighted by Crippen LogP contribution is -2.40. The minimum Gasteiger partial charge on any atom is -0.466 e. The molecule has 0 spiro atoms. The third kappa shape index (κ3) is 1.91. The van der Waals surface area contributed by atoms with Crippen LogP contribution in [-0.4, -0.2) is 29.3 Å². The highest BCUT2D eigenvalue weighted by molar-refractivity contribution is 6.17. The van der Waals surface area contributed by atoms with Crippen LogP contribution in [0.4, 0.5) is 4.79 Å². The van der Waals surface area contributed by atoms with E-state index < -0.39 is 11.6 Å². The predicted molar refractivity (Wildman–Crippen MR) is 61.6 cm³/mol. The van der Waals surface area contributed by atoms with Crippen molar-refractivity contribution in [3.63, 3.8) is 0 Å². The number of nitrogens with zero attached hydrogens (tertiary/aromatic N) is 1. The molecule has 0 aromatic carbocycles. The molecule has 2 rings (SSSR count). The van der Waals surface area contributed by atoms with Gasteiger partial charge < -0.3 is 9.73 Å². The van der Waals surface area contributed by atoms with Gasteiger partial charge in [-0.2, -0.15) is 0 Å². The van der Waals surface area contributed by atoms with Crippen molar-refractivity contribution in [2.45, 2.75) is 18.9 Å². The van der Waals surface area contributed by atoms with Crippen molar-refractivity contribution in [1.82, 2.24) is 10.2 Å². The minimum atomic E-state index is -1.10. The molecule has 92 valence electrons.